The standard InChI is InChI=1S/C13H17F3N2/c1-3-18-8-9(7-17-2)12-10(13(14,15)16)5-4-6-11(12)18/h4-6,9,17H,3,7-8H2,1-2H3. The maximum atomic E-state index is 13.0. The fourth-order valence-corrected chi connectivity index (χ4v) is 2.67. The van der Waals surface area contributed by atoms with Crippen LogP contribution in [0.15, 0.2) is 18.2 Å². The van der Waals surface area contributed by atoms with E-state index in [9.17, 15) is 13.2 Å². The minimum absolute atomic E-state index is 0.0947. The summed E-state index contributed by atoms with van der Waals surface area (Å²) in [5.41, 5.74) is 0.685. The molecule has 0 saturated carbocycles. The van der Waals surface area contributed by atoms with Crippen LogP contribution in [0.25, 0.3) is 0 Å². The van der Waals surface area contributed by atoms with E-state index in [0.717, 1.165) is 12.2 Å². The number of hydrogen-bond acceptors (Lipinski definition) is 2. The Morgan fingerprint density at radius 1 is 1.39 bits per heavy atom. The number of fused-ring (bicyclic) bond motifs is 1. The van der Waals surface area contributed by atoms with Gasteiger partial charge in [-0.25, -0.2) is 0 Å². The van der Waals surface area contributed by atoms with Crippen molar-refractivity contribution in [2.45, 2.75) is 19.0 Å². The van der Waals surface area contributed by atoms with Gasteiger partial charge in [0.2, 0.25) is 0 Å². The van der Waals surface area contributed by atoms with Gasteiger partial charge in [-0.1, -0.05) is 6.07 Å². The molecule has 0 aromatic heterocycles. The highest BCUT2D eigenvalue weighted by Crippen LogP contribution is 2.44. The van der Waals surface area contributed by atoms with E-state index in [4.69, 9.17) is 0 Å². The Morgan fingerprint density at radius 2 is 2.11 bits per heavy atom. The van der Waals surface area contributed by atoms with Gasteiger partial charge in [0.15, 0.2) is 0 Å². The molecule has 1 atom stereocenters. The summed E-state index contributed by atoms with van der Waals surface area (Å²) in [4.78, 5) is 2.01. The van der Waals surface area contributed by atoms with Crippen LogP contribution in [0.2, 0.25) is 0 Å². The summed E-state index contributed by atoms with van der Waals surface area (Å²) >= 11 is 0. The maximum absolute atomic E-state index is 13.0. The van der Waals surface area contributed by atoms with Crippen LogP contribution in [0.3, 0.4) is 0 Å². The lowest BCUT2D eigenvalue weighted by atomic mass is 9.95. The van der Waals surface area contributed by atoms with Crippen molar-refractivity contribution in [3.8, 4) is 0 Å². The summed E-state index contributed by atoms with van der Waals surface area (Å²) in [5.74, 6) is -0.0947. The van der Waals surface area contributed by atoms with Crippen LogP contribution in [0.5, 0.6) is 0 Å². The lowest BCUT2D eigenvalue weighted by Crippen LogP contribution is -2.25. The van der Waals surface area contributed by atoms with Gasteiger partial charge < -0.3 is 10.2 Å². The molecule has 0 saturated heterocycles. The molecule has 1 N–H and O–H groups in total. The van der Waals surface area contributed by atoms with E-state index in [1.54, 1.807) is 13.1 Å². The van der Waals surface area contributed by atoms with Crippen LogP contribution in [-0.4, -0.2) is 26.7 Å². The SMILES string of the molecule is CCN1CC(CNC)c2c1cccc2C(F)(F)F. The van der Waals surface area contributed by atoms with Crippen molar-refractivity contribution in [3.05, 3.63) is 29.3 Å². The average Bonchev–Trinajstić information content (AvgIpc) is 2.67. The minimum Gasteiger partial charge on any atom is -0.371 e. The summed E-state index contributed by atoms with van der Waals surface area (Å²) in [7, 11) is 1.77. The first-order valence-corrected chi connectivity index (χ1v) is 6.08. The lowest BCUT2D eigenvalue weighted by molar-refractivity contribution is -0.138. The van der Waals surface area contributed by atoms with Crippen molar-refractivity contribution in [1.82, 2.24) is 5.32 Å². The molecule has 0 spiro atoms. The second-order valence-corrected chi connectivity index (χ2v) is 4.53. The predicted molar refractivity (Wildman–Crippen MR) is 66.0 cm³/mol. The zero-order valence-corrected chi connectivity index (χ0v) is 10.5. The Bertz CT molecular complexity index is 429. The number of likely N-dealkylation sites (N-methyl/N-ethyl adjacent to an activating group) is 2. The predicted octanol–water partition coefficient (Wildman–Crippen LogP) is 2.85. The first-order chi connectivity index (χ1) is 8.49. The number of benzene rings is 1. The molecule has 0 aliphatic carbocycles. The second-order valence-electron chi connectivity index (χ2n) is 4.53. The average molecular weight is 258 g/mol. The van der Waals surface area contributed by atoms with Crippen molar-refractivity contribution >= 4 is 5.69 Å². The quantitative estimate of drug-likeness (QED) is 0.896. The summed E-state index contributed by atoms with van der Waals surface area (Å²) in [6.45, 7) is 3.91. The van der Waals surface area contributed by atoms with Gasteiger partial charge in [0.1, 0.15) is 0 Å². The molecule has 0 fully saturated rings. The molecule has 0 amide bonds. The first kappa shape index (κ1) is 13.2. The van der Waals surface area contributed by atoms with Gasteiger partial charge in [-0.2, -0.15) is 13.2 Å². The van der Waals surface area contributed by atoms with Crippen LogP contribution in [0.1, 0.15) is 24.0 Å². The van der Waals surface area contributed by atoms with E-state index in [-0.39, 0.29) is 5.92 Å². The molecule has 1 aliphatic heterocycles. The highest BCUT2D eigenvalue weighted by atomic mass is 19.4. The molecule has 1 aromatic rings. The van der Waals surface area contributed by atoms with Crippen LogP contribution in [0, 0.1) is 0 Å². The molecule has 2 nitrogen and oxygen atoms in total. The van der Waals surface area contributed by atoms with Gasteiger partial charge in [-0.3, -0.25) is 0 Å². The summed E-state index contributed by atoms with van der Waals surface area (Å²) < 4.78 is 39.1. The lowest BCUT2D eigenvalue weighted by Gasteiger charge is -2.17. The molecule has 1 aromatic carbocycles. The number of hydrogen-bond donors (Lipinski definition) is 1. The number of alkyl halides is 3. The zero-order chi connectivity index (χ0) is 13.3. The molecule has 1 aliphatic rings. The number of rotatable bonds is 3. The third kappa shape index (κ3) is 2.19. The molecule has 1 unspecified atom stereocenters. The van der Waals surface area contributed by atoms with E-state index < -0.39 is 11.7 Å². The minimum atomic E-state index is -4.28. The summed E-state index contributed by atoms with van der Waals surface area (Å²) in [6.07, 6.45) is -4.28. The Labute approximate surface area is 105 Å². The van der Waals surface area contributed by atoms with Gasteiger partial charge in [-0.05, 0) is 31.7 Å². The number of anilines is 1. The summed E-state index contributed by atoms with van der Waals surface area (Å²) in [5, 5.41) is 2.98. The molecule has 0 bridgehead atoms. The van der Waals surface area contributed by atoms with Crippen molar-refractivity contribution in [2.75, 3.05) is 31.6 Å². The smallest absolute Gasteiger partial charge is 0.371 e. The Balaban J connectivity index is 2.51. The third-order valence-corrected chi connectivity index (χ3v) is 3.41. The highest BCUT2D eigenvalue weighted by Gasteiger charge is 2.39. The Morgan fingerprint density at radius 3 is 2.67 bits per heavy atom. The van der Waals surface area contributed by atoms with Crippen LogP contribution in [-0.2, 0) is 6.18 Å². The van der Waals surface area contributed by atoms with Gasteiger partial charge in [0.05, 0.1) is 5.56 Å². The largest absolute Gasteiger partial charge is 0.416 e. The van der Waals surface area contributed by atoms with E-state index >= 15 is 0 Å². The molecule has 5 heteroatoms. The highest BCUT2D eigenvalue weighted by molar-refractivity contribution is 5.63. The van der Waals surface area contributed by atoms with Gasteiger partial charge >= 0.3 is 6.18 Å². The molecule has 2 rings (SSSR count). The fourth-order valence-electron chi connectivity index (χ4n) is 2.67. The van der Waals surface area contributed by atoms with Crippen molar-refractivity contribution in [1.29, 1.82) is 0 Å². The van der Waals surface area contributed by atoms with E-state index in [0.29, 0.717) is 18.7 Å². The van der Waals surface area contributed by atoms with Crippen LogP contribution >= 0.6 is 0 Å². The summed E-state index contributed by atoms with van der Waals surface area (Å²) in [6, 6.07) is 4.45. The fraction of sp³-hybridized carbons (Fsp3) is 0.538. The van der Waals surface area contributed by atoms with Crippen molar-refractivity contribution < 1.29 is 13.2 Å². The monoisotopic (exact) mass is 258 g/mol. The number of nitrogens with one attached hydrogen (secondary N) is 1. The number of nitrogens with zero attached hydrogens (tertiary/aromatic N) is 1. The molecule has 1 heterocycles. The first-order valence-electron chi connectivity index (χ1n) is 6.08. The van der Waals surface area contributed by atoms with E-state index in [1.807, 2.05) is 11.8 Å². The maximum Gasteiger partial charge on any atom is 0.416 e. The van der Waals surface area contributed by atoms with E-state index in [2.05, 4.69) is 5.32 Å². The van der Waals surface area contributed by atoms with Crippen molar-refractivity contribution in [3.63, 3.8) is 0 Å². The van der Waals surface area contributed by atoms with E-state index in [1.165, 1.54) is 12.1 Å². The molecule has 18 heavy (non-hydrogen) atoms. The Hall–Kier alpha value is -1.23. The number of halogens is 3. The molecular weight excluding hydrogens is 241 g/mol. The van der Waals surface area contributed by atoms with Gasteiger partial charge in [0, 0.05) is 31.2 Å². The molecule has 100 valence electrons. The van der Waals surface area contributed by atoms with Crippen LogP contribution < -0.4 is 10.2 Å². The van der Waals surface area contributed by atoms with Crippen LogP contribution in [0.4, 0.5) is 18.9 Å². The topological polar surface area (TPSA) is 15.3 Å². The van der Waals surface area contributed by atoms with Gasteiger partial charge in [-0.15, -0.1) is 0 Å². The van der Waals surface area contributed by atoms with Gasteiger partial charge in [0.25, 0.3) is 0 Å². The molecular formula is C13H17F3N2. The molecule has 0 radical (unpaired) electrons. The normalized spacial score (nSPS) is 19.2. The zero-order valence-electron chi connectivity index (χ0n) is 10.5. The second kappa shape index (κ2) is 4.80. The third-order valence-electron chi connectivity index (χ3n) is 3.41. The Kier molecular flexibility index (Phi) is 3.52. The van der Waals surface area contributed by atoms with Crippen molar-refractivity contribution in [2.24, 2.45) is 0 Å².